The van der Waals surface area contributed by atoms with Crippen molar-refractivity contribution >= 4 is 5.97 Å². The summed E-state index contributed by atoms with van der Waals surface area (Å²) in [6, 6.07) is -1.67. The quantitative estimate of drug-likeness (QED) is 0.555. The van der Waals surface area contributed by atoms with Crippen LogP contribution in [0.2, 0.25) is 0 Å². The van der Waals surface area contributed by atoms with Crippen LogP contribution in [-0.4, -0.2) is 17.1 Å². The van der Waals surface area contributed by atoms with E-state index in [0.717, 1.165) is 6.92 Å². The second-order valence-corrected chi connectivity index (χ2v) is 1.71. The molecule has 0 amide bonds. The Hall–Kier alpha value is -0.570. The molecule has 3 nitrogen and oxygen atoms in total. The molecular formula is C6H13NO2. The lowest BCUT2D eigenvalue weighted by atomic mass is 10.1. The van der Waals surface area contributed by atoms with Gasteiger partial charge in [-0.25, -0.2) is 0 Å². The second kappa shape index (κ2) is 3.45. The number of carboxylic acids is 1. The van der Waals surface area contributed by atoms with Crippen LogP contribution < -0.4 is 5.73 Å². The second-order valence-electron chi connectivity index (χ2n) is 1.71. The Morgan fingerprint density at radius 1 is 2.22 bits per heavy atom. The summed E-state index contributed by atoms with van der Waals surface area (Å²) in [5, 5.41) is 8.47. The number of rotatable bonds is 3. The topological polar surface area (TPSA) is 63.3 Å². The third-order valence-corrected chi connectivity index (χ3v) is 0.715. The summed E-state index contributed by atoms with van der Waals surface area (Å²) in [4.78, 5) is 10.4. The Bertz CT molecular complexity index is 227. The van der Waals surface area contributed by atoms with Crippen LogP contribution in [0.1, 0.15) is 27.0 Å². The van der Waals surface area contributed by atoms with Gasteiger partial charge in [-0.2, -0.15) is 0 Å². The number of hydrogen-bond acceptors (Lipinski definition) is 2. The van der Waals surface area contributed by atoms with Crippen molar-refractivity contribution in [3.63, 3.8) is 0 Å². The van der Waals surface area contributed by atoms with Gasteiger partial charge in [-0.15, -0.1) is 0 Å². The highest BCUT2D eigenvalue weighted by molar-refractivity contribution is 5.72. The standard InChI is InChI=1S/C6H13NO2/c1-4(2)3-5(7)6(8)9/h4-5H,3,7H2,1-2H3,(H,8,9)/t5-/m0/s1/i1D3,2+1,3D,4D/t3-,4-,5+/m1. The molecule has 0 saturated heterocycles. The van der Waals surface area contributed by atoms with E-state index in [1.54, 1.807) is 0 Å². The molecule has 3 N–H and O–H groups in total. The summed E-state index contributed by atoms with van der Waals surface area (Å²) in [6.45, 7) is -1.74. The molecule has 3 atom stereocenters. The first-order chi connectivity index (χ1) is 6.01. The van der Waals surface area contributed by atoms with Gasteiger partial charge < -0.3 is 10.8 Å². The van der Waals surface area contributed by atoms with Crippen molar-refractivity contribution in [2.45, 2.75) is 26.2 Å². The fourth-order valence-electron chi connectivity index (χ4n) is 0.341. The molecular weight excluding hydrogens is 119 g/mol. The lowest BCUT2D eigenvalue weighted by molar-refractivity contribution is -0.138. The van der Waals surface area contributed by atoms with Gasteiger partial charge in [0.25, 0.3) is 0 Å². The molecule has 54 valence electrons. The van der Waals surface area contributed by atoms with E-state index in [1.165, 1.54) is 0 Å². The summed E-state index contributed by atoms with van der Waals surface area (Å²) in [6.07, 6.45) is -1.70. The van der Waals surface area contributed by atoms with Crippen molar-refractivity contribution in [3.8, 4) is 0 Å². The highest BCUT2D eigenvalue weighted by atomic mass is 16.4. The highest BCUT2D eigenvalue weighted by Gasteiger charge is 2.11. The molecule has 0 unspecified atom stereocenters. The summed E-state index contributed by atoms with van der Waals surface area (Å²) >= 11 is 0. The molecule has 9 heavy (non-hydrogen) atoms. The maximum Gasteiger partial charge on any atom is 0.320 e. The first kappa shape index (κ1) is 3.01. The van der Waals surface area contributed by atoms with Crippen LogP contribution in [0.5, 0.6) is 0 Å². The maximum absolute atomic E-state index is 10.4. The largest absolute Gasteiger partial charge is 0.480 e. The number of carboxylic acid groups (broad SMARTS) is 1. The monoisotopic (exact) mass is 137 g/mol. The van der Waals surface area contributed by atoms with Gasteiger partial charge in [-0.3, -0.25) is 4.79 Å². The summed E-state index contributed by atoms with van der Waals surface area (Å²) < 4.78 is 35.7. The molecule has 3 heteroatoms. The van der Waals surface area contributed by atoms with Crippen LogP contribution in [0, 0.1) is 5.89 Å². The molecule has 0 saturated carbocycles. The van der Waals surface area contributed by atoms with Crippen LogP contribution in [0.25, 0.3) is 0 Å². The minimum Gasteiger partial charge on any atom is -0.480 e. The molecule has 0 fully saturated rings. The van der Waals surface area contributed by atoms with Gasteiger partial charge in [0.1, 0.15) is 6.04 Å². The molecule has 0 heterocycles. The predicted octanol–water partition coefficient (Wildman–Crippen LogP) is 0.444. The van der Waals surface area contributed by atoms with Crippen molar-refractivity contribution in [2.24, 2.45) is 11.6 Å². The van der Waals surface area contributed by atoms with Gasteiger partial charge in [-0.05, 0) is 12.3 Å². The van der Waals surface area contributed by atoms with Gasteiger partial charge in [0.15, 0.2) is 0 Å². The first-order valence-electron chi connectivity index (χ1n) is 5.00. The Morgan fingerprint density at radius 2 is 2.78 bits per heavy atom. The zero-order valence-corrected chi connectivity index (χ0v) is 5.09. The average Bonchev–Trinajstić information content (AvgIpc) is 1.99. The van der Waals surface area contributed by atoms with E-state index < -0.39 is 31.2 Å². The normalized spacial score (nSPS) is 33.3. The summed E-state index contributed by atoms with van der Waals surface area (Å²) in [5.41, 5.74) is 5.09. The fraction of sp³-hybridized carbons (Fsp3) is 0.833. The van der Waals surface area contributed by atoms with Crippen molar-refractivity contribution in [1.82, 2.24) is 0 Å². The predicted molar refractivity (Wildman–Crippen MR) is 35.1 cm³/mol. The van der Waals surface area contributed by atoms with Crippen LogP contribution in [0.15, 0.2) is 0 Å². The van der Waals surface area contributed by atoms with Crippen LogP contribution in [-0.2, 0) is 4.79 Å². The summed E-state index contributed by atoms with van der Waals surface area (Å²) in [7, 11) is 0. The van der Waals surface area contributed by atoms with Crippen molar-refractivity contribution in [1.29, 1.82) is 0 Å². The van der Waals surface area contributed by atoms with Crippen LogP contribution in [0.3, 0.4) is 0 Å². The number of nitrogens with two attached hydrogens (primary N) is 1. The molecule has 0 rings (SSSR count). The summed E-state index contributed by atoms with van der Waals surface area (Å²) in [5.74, 6) is -3.67. The Balaban J connectivity index is 4.84. The minimum atomic E-state index is -2.73. The Labute approximate surface area is 61.9 Å². The third-order valence-electron chi connectivity index (χ3n) is 0.715. The molecule has 0 radical (unpaired) electrons. The van der Waals surface area contributed by atoms with E-state index in [-0.39, 0.29) is 0 Å². The van der Waals surface area contributed by atoms with Crippen LogP contribution >= 0.6 is 0 Å². The van der Waals surface area contributed by atoms with Gasteiger partial charge in [0.05, 0.1) is 0 Å². The molecule has 0 aliphatic rings. The zero-order valence-electron chi connectivity index (χ0n) is 10.1. The average molecular weight is 137 g/mol. The minimum absolute atomic E-state index is 0.987. The Morgan fingerprint density at radius 3 is 3.11 bits per heavy atom. The van der Waals surface area contributed by atoms with E-state index in [0.29, 0.717) is 0 Å². The lowest BCUT2D eigenvalue weighted by Crippen LogP contribution is -2.31. The number of aliphatic carboxylic acids is 1. The van der Waals surface area contributed by atoms with E-state index in [2.05, 4.69) is 0 Å². The van der Waals surface area contributed by atoms with Gasteiger partial charge >= 0.3 is 5.97 Å². The fourth-order valence-corrected chi connectivity index (χ4v) is 0.341. The molecule has 0 aliphatic heterocycles. The highest BCUT2D eigenvalue weighted by Crippen LogP contribution is 2.01. The van der Waals surface area contributed by atoms with Gasteiger partial charge in [-0.1, -0.05) is 13.8 Å². The molecule has 0 aromatic heterocycles. The first-order valence-corrected chi connectivity index (χ1v) is 2.42. The van der Waals surface area contributed by atoms with Crippen molar-refractivity contribution in [2.75, 3.05) is 0 Å². The van der Waals surface area contributed by atoms with Gasteiger partial charge in [0, 0.05) is 6.85 Å². The van der Waals surface area contributed by atoms with E-state index in [4.69, 9.17) is 17.7 Å². The molecule has 0 aliphatic carbocycles. The van der Waals surface area contributed by atoms with E-state index in [1.807, 2.05) is 0 Å². The lowest BCUT2D eigenvalue weighted by Gasteiger charge is -2.07. The Kier molecular flexibility index (Phi) is 1.16. The molecule has 0 aromatic rings. The molecule has 0 bridgehead atoms. The van der Waals surface area contributed by atoms with E-state index >= 15 is 0 Å². The van der Waals surface area contributed by atoms with Crippen molar-refractivity contribution < 1.29 is 16.8 Å². The molecule has 0 spiro atoms. The van der Waals surface area contributed by atoms with Crippen LogP contribution in [0.4, 0.5) is 0 Å². The maximum atomic E-state index is 10.4. The zero-order chi connectivity index (χ0) is 11.7. The SMILES string of the molecule is [2H][C@@H]([C@H](N)C(=O)O)[C@@]([2H])([13CH3])C([2H])([2H])[2H]. The van der Waals surface area contributed by atoms with E-state index in [9.17, 15) is 4.79 Å². The third kappa shape index (κ3) is 3.97. The molecule has 0 aromatic carbocycles. The van der Waals surface area contributed by atoms with Crippen molar-refractivity contribution in [3.05, 3.63) is 0 Å². The van der Waals surface area contributed by atoms with Gasteiger partial charge in [0.2, 0.25) is 0 Å². The smallest absolute Gasteiger partial charge is 0.320 e. The number of hydrogen-bond donors (Lipinski definition) is 2. The number of carbonyl (C=O) groups is 1.